The normalized spacial score (nSPS) is 24.7. The lowest BCUT2D eigenvalue weighted by Gasteiger charge is -2.40. The highest BCUT2D eigenvalue weighted by Gasteiger charge is 2.47. The summed E-state index contributed by atoms with van der Waals surface area (Å²) in [5.74, 6) is -0.563. The van der Waals surface area contributed by atoms with Gasteiger partial charge >= 0.3 is 11.9 Å². The van der Waals surface area contributed by atoms with Gasteiger partial charge in [-0.1, -0.05) is 79.1 Å². The Balaban J connectivity index is 2.73. The Morgan fingerprint density at radius 2 is 1.04 bits per heavy atom. The van der Waals surface area contributed by atoms with Gasteiger partial charge in [0.05, 0.1) is 25.0 Å². The van der Waals surface area contributed by atoms with E-state index in [2.05, 4.69) is 27.7 Å². The third-order valence-electron chi connectivity index (χ3n) is 6.39. The van der Waals surface area contributed by atoms with Crippen molar-refractivity contribution >= 4 is 11.9 Å². The van der Waals surface area contributed by atoms with Crippen LogP contribution in [0.3, 0.4) is 0 Å². The zero-order valence-corrected chi connectivity index (χ0v) is 18.8. The van der Waals surface area contributed by atoms with E-state index in [4.69, 9.17) is 9.47 Å². The first-order valence-electron chi connectivity index (χ1n) is 11.9. The van der Waals surface area contributed by atoms with E-state index in [0.717, 1.165) is 51.4 Å². The van der Waals surface area contributed by atoms with E-state index in [1.807, 2.05) is 0 Å². The fourth-order valence-corrected chi connectivity index (χ4v) is 4.56. The summed E-state index contributed by atoms with van der Waals surface area (Å²) in [6.07, 6.45) is 12.5. The molecule has 0 bridgehead atoms. The van der Waals surface area contributed by atoms with Gasteiger partial charge in [0.25, 0.3) is 0 Å². The van der Waals surface area contributed by atoms with Gasteiger partial charge in [-0.15, -0.1) is 0 Å². The number of esters is 2. The molecule has 0 radical (unpaired) electrons. The minimum atomic E-state index is -0.335. The molecule has 0 amide bonds. The summed E-state index contributed by atoms with van der Waals surface area (Å²) in [7, 11) is 0. The number of hydrogen-bond acceptors (Lipinski definition) is 4. The Morgan fingerprint density at radius 1 is 0.643 bits per heavy atom. The van der Waals surface area contributed by atoms with Crippen LogP contribution in [0.2, 0.25) is 0 Å². The fourth-order valence-electron chi connectivity index (χ4n) is 4.56. The molecule has 164 valence electrons. The Morgan fingerprint density at radius 3 is 1.36 bits per heavy atom. The molecule has 4 unspecified atom stereocenters. The predicted octanol–water partition coefficient (Wildman–Crippen LogP) is 6.31. The van der Waals surface area contributed by atoms with Crippen LogP contribution in [0, 0.1) is 23.7 Å². The highest BCUT2D eigenvalue weighted by Crippen LogP contribution is 2.43. The van der Waals surface area contributed by atoms with Crippen molar-refractivity contribution in [2.45, 2.75) is 105 Å². The van der Waals surface area contributed by atoms with E-state index in [0.29, 0.717) is 13.2 Å². The van der Waals surface area contributed by atoms with Crippen LogP contribution in [0.25, 0.3) is 0 Å². The van der Waals surface area contributed by atoms with E-state index in [9.17, 15) is 9.59 Å². The summed E-state index contributed by atoms with van der Waals surface area (Å²) in [6, 6.07) is 0. The largest absolute Gasteiger partial charge is 0.465 e. The van der Waals surface area contributed by atoms with Gasteiger partial charge < -0.3 is 9.47 Å². The maximum atomic E-state index is 13.0. The molecule has 28 heavy (non-hydrogen) atoms. The summed E-state index contributed by atoms with van der Waals surface area (Å²) in [5, 5.41) is 0. The molecule has 4 heteroatoms. The number of carbonyl (C=O) groups is 2. The summed E-state index contributed by atoms with van der Waals surface area (Å²) >= 11 is 0. The van der Waals surface area contributed by atoms with Crippen LogP contribution >= 0.6 is 0 Å². The molecular formula is C24H44O4. The number of ether oxygens (including phenoxy) is 2. The number of hydrogen-bond donors (Lipinski definition) is 0. The number of unbranched alkanes of at least 4 members (excludes halogenated alkanes) is 6. The SMILES string of the molecule is CCCCCCOC(=O)C1C(CC)CCC(CC)C1C(=O)OCCCCCC. The monoisotopic (exact) mass is 396 g/mol. The van der Waals surface area contributed by atoms with Gasteiger partial charge in [-0.2, -0.15) is 0 Å². The van der Waals surface area contributed by atoms with Crippen LogP contribution in [0.15, 0.2) is 0 Å². The molecule has 1 aliphatic carbocycles. The fraction of sp³-hybridized carbons (Fsp3) is 0.917. The molecule has 0 heterocycles. The average molecular weight is 397 g/mol. The highest BCUT2D eigenvalue weighted by atomic mass is 16.5. The first kappa shape index (κ1) is 25.0. The third-order valence-corrected chi connectivity index (χ3v) is 6.39. The molecule has 0 N–H and O–H groups in total. The van der Waals surface area contributed by atoms with Gasteiger partial charge in [0.1, 0.15) is 0 Å². The van der Waals surface area contributed by atoms with Crippen LogP contribution < -0.4 is 0 Å². The molecule has 4 atom stereocenters. The van der Waals surface area contributed by atoms with Crippen molar-refractivity contribution in [1.82, 2.24) is 0 Å². The van der Waals surface area contributed by atoms with Crippen molar-refractivity contribution in [2.24, 2.45) is 23.7 Å². The zero-order chi connectivity index (χ0) is 20.8. The zero-order valence-electron chi connectivity index (χ0n) is 18.8. The van der Waals surface area contributed by atoms with E-state index < -0.39 is 0 Å². The molecule has 1 fully saturated rings. The van der Waals surface area contributed by atoms with Gasteiger partial charge in [0, 0.05) is 0 Å². The third kappa shape index (κ3) is 8.13. The Kier molecular flexibility index (Phi) is 13.3. The lowest BCUT2D eigenvalue weighted by atomic mass is 9.65. The van der Waals surface area contributed by atoms with Crippen molar-refractivity contribution in [1.29, 1.82) is 0 Å². The summed E-state index contributed by atoms with van der Waals surface area (Å²) in [5.41, 5.74) is 0. The van der Waals surface area contributed by atoms with Crippen molar-refractivity contribution < 1.29 is 19.1 Å². The van der Waals surface area contributed by atoms with Crippen molar-refractivity contribution in [3.05, 3.63) is 0 Å². The molecule has 4 nitrogen and oxygen atoms in total. The molecule has 0 aliphatic heterocycles. The Bertz CT molecular complexity index is 394. The second kappa shape index (κ2) is 14.9. The Hall–Kier alpha value is -1.06. The molecule has 0 saturated heterocycles. The van der Waals surface area contributed by atoms with Gasteiger partial charge in [-0.25, -0.2) is 0 Å². The van der Waals surface area contributed by atoms with Crippen molar-refractivity contribution in [3.8, 4) is 0 Å². The van der Waals surface area contributed by atoms with E-state index in [1.165, 1.54) is 25.7 Å². The van der Waals surface area contributed by atoms with Crippen LogP contribution in [0.1, 0.15) is 105 Å². The molecule has 1 rings (SSSR count). The standard InChI is InChI=1S/C24H44O4/c1-5-9-11-13-17-27-23(25)21-19(7-3)15-16-20(8-4)22(21)24(26)28-18-14-12-10-6-2/h19-22H,5-18H2,1-4H3. The van der Waals surface area contributed by atoms with Gasteiger partial charge in [0.2, 0.25) is 0 Å². The Labute approximate surface area is 173 Å². The number of rotatable bonds is 14. The van der Waals surface area contributed by atoms with E-state index in [-0.39, 0.29) is 35.6 Å². The van der Waals surface area contributed by atoms with Gasteiger partial charge in [0.15, 0.2) is 0 Å². The first-order valence-corrected chi connectivity index (χ1v) is 11.9. The van der Waals surface area contributed by atoms with Crippen molar-refractivity contribution in [3.63, 3.8) is 0 Å². The highest BCUT2D eigenvalue weighted by molar-refractivity contribution is 5.83. The van der Waals surface area contributed by atoms with Crippen LogP contribution in [0.5, 0.6) is 0 Å². The lowest BCUT2D eigenvalue weighted by molar-refractivity contribution is -0.169. The number of carbonyl (C=O) groups excluding carboxylic acids is 2. The summed E-state index contributed by atoms with van der Waals surface area (Å²) in [4.78, 5) is 25.9. The second-order valence-corrected chi connectivity index (χ2v) is 8.42. The second-order valence-electron chi connectivity index (χ2n) is 8.42. The smallest absolute Gasteiger partial charge is 0.310 e. The maximum absolute atomic E-state index is 13.0. The topological polar surface area (TPSA) is 52.6 Å². The first-order chi connectivity index (χ1) is 13.6. The summed E-state index contributed by atoms with van der Waals surface area (Å²) < 4.78 is 11.3. The molecule has 0 aromatic rings. The molecular weight excluding hydrogens is 352 g/mol. The summed E-state index contributed by atoms with van der Waals surface area (Å²) in [6.45, 7) is 9.52. The minimum absolute atomic E-state index is 0.172. The van der Waals surface area contributed by atoms with E-state index >= 15 is 0 Å². The molecule has 0 spiro atoms. The molecule has 1 aliphatic rings. The van der Waals surface area contributed by atoms with Crippen LogP contribution in [-0.2, 0) is 19.1 Å². The average Bonchev–Trinajstić information content (AvgIpc) is 2.71. The maximum Gasteiger partial charge on any atom is 0.310 e. The molecule has 0 aromatic heterocycles. The van der Waals surface area contributed by atoms with E-state index in [1.54, 1.807) is 0 Å². The molecule has 1 saturated carbocycles. The van der Waals surface area contributed by atoms with Gasteiger partial charge in [-0.05, 0) is 37.5 Å². The molecule has 0 aromatic carbocycles. The van der Waals surface area contributed by atoms with Crippen LogP contribution in [-0.4, -0.2) is 25.2 Å². The van der Waals surface area contributed by atoms with Crippen LogP contribution in [0.4, 0.5) is 0 Å². The van der Waals surface area contributed by atoms with Gasteiger partial charge in [-0.3, -0.25) is 9.59 Å². The van der Waals surface area contributed by atoms with Crippen molar-refractivity contribution in [2.75, 3.05) is 13.2 Å². The predicted molar refractivity (Wildman–Crippen MR) is 114 cm³/mol. The lowest BCUT2D eigenvalue weighted by Crippen LogP contribution is -2.45. The minimum Gasteiger partial charge on any atom is -0.465 e. The quantitative estimate of drug-likeness (QED) is 0.255.